The molecule has 1 aromatic rings. The molecular weight excluding hydrogens is 336 g/mol. The van der Waals surface area contributed by atoms with Gasteiger partial charge in [0.15, 0.2) is 9.84 Å². The number of hydrogen-bond donors (Lipinski definition) is 2. The van der Waals surface area contributed by atoms with Crippen LogP contribution in [0, 0.1) is 11.8 Å². The smallest absolute Gasteiger partial charge is 0.273 e. The van der Waals surface area contributed by atoms with Crippen LogP contribution in [0.2, 0.25) is 0 Å². The van der Waals surface area contributed by atoms with E-state index in [2.05, 4.69) is 17.8 Å². The van der Waals surface area contributed by atoms with E-state index in [4.69, 9.17) is 0 Å². The van der Waals surface area contributed by atoms with Gasteiger partial charge in [-0.1, -0.05) is 6.92 Å². The highest BCUT2D eigenvalue weighted by Gasteiger charge is 2.33. The summed E-state index contributed by atoms with van der Waals surface area (Å²) in [4.78, 5) is 25.9. The third-order valence-electron chi connectivity index (χ3n) is 4.46. The molecule has 2 atom stereocenters. The number of fused-ring (bicyclic) bond motifs is 1. The van der Waals surface area contributed by atoms with Crippen LogP contribution >= 0.6 is 11.3 Å². The van der Waals surface area contributed by atoms with Gasteiger partial charge in [-0.25, -0.2) is 8.42 Å². The summed E-state index contributed by atoms with van der Waals surface area (Å²) in [6.07, 6.45) is 3.45. The Morgan fingerprint density at radius 3 is 2.74 bits per heavy atom. The standard InChI is InChI=1S/C15H20N2O4S2/c1-9-2-3-12-11(6-9)7-13(22-12)15(19)17-16-14(18)10-4-5-23(20,21)8-10/h7,9-10H,2-6,8H2,1H3,(H,16,18)(H,17,19)/t9-,10-/m0/s1. The van der Waals surface area contributed by atoms with E-state index in [0.29, 0.717) is 17.2 Å². The number of thiophene rings is 1. The largest absolute Gasteiger partial charge is 0.279 e. The molecule has 0 radical (unpaired) electrons. The molecule has 2 N–H and O–H groups in total. The molecule has 0 spiro atoms. The summed E-state index contributed by atoms with van der Waals surface area (Å²) in [6.45, 7) is 2.20. The summed E-state index contributed by atoms with van der Waals surface area (Å²) in [5, 5.41) is 0. The normalized spacial score (nSPS) is 25.6. The van der Waals surface area contributed by atoms with Crippen molar-refractivity contribution in [2.45, 2.75) is 32.6 Å². The predicted molar refractivity (Wildman–Crippen MR) is 87.9 cm³/mol. The van der Waals surface area contributed by atoms with Crippen molar-refractivity contribution >= 4 is 33.0 Å². The molecule has 0 unspecified atom stereocenters. The van der Waals surface area contributed by atoms with Crippen LogP contribution in [0.4, 0.5) is 0 Å². The first-order chi connectivity index (χ1) is 10.8. The van der Waals surface area contributed by atoms with E-state index in [1.165, 1.54) is 21.8 Å². The molecule has 6 nitrogen and oxygen atoms in total. The van der Waals surface area contributed by atoms with Crippen molar-refractivity contribution in [3.8, 4) is 0 Å². The van der Waals surface area contributed by atoms with E-state index < -0.39 is 21.7 Å². The Hall–Kier alpha value is -1.41. The number of hydrazine groups is 1. The van der Waals surface area contributed by atoms with Gasteiger partial charge in [0.1, 0.15) is 0 Å². The van der Waals surface area contributed by atoms with Gasteiger partial charge in [-0.15, -0.1) is 11.3 Å². The van der Waals surface area contributed by atoms with Crippen molar-refractivity contribution in [3.63, 3.8) is 0 Å². The summed E-state index contributed by atoms with van der Waals surface area (Å²) in [5.41, 5.74) is 5.98. The van der Waals surface area contributed by atoms with Gasteiger partial charge < -0.3 is 0 Å². The van der Waals surface area contributed by atoms with Crippen LogP contribution in [0.25, 0.3) is 0 Å². The van der Waals surface area contributed by atoms with Crippen molar-refractivity contribution < 1.29 is 18.0 Å². The summed E-state index contributed by atoms with van der Waals surface area (Å²) in [7, 11) is -3.11. The topological polar surface area (TPSA) is 92.3 Å². The zero-order valence-corrected chi connectivity index (χ0v) is 14.6. The highest BCUT2D eigenvalue weighted by molar-refractivity contribution is 7.91. The number of rotatable bonds is 2. The lowest BCUT2D eigenvalue weighted by Gasteiger charge is -2.16. The second-order valence-electron chi connectivity index (χ2n) is 6.45. The summed E-state index contributed by atoms with van der Waals surface area (Å²) in [5.74, 6) is -0.815. The van der Waals surface area contributed by atoms with E-state index >= 15 is 0 Å². The molecule has 2 amide bonds. The van der Waals surface area contributed by atoms with Gasteiger partial charge in [0.25, 0.3) is 5.91 Å². The number of amides is 2. The predicted octanol–water partition coefficient (Wildman–Crippen LogP) is 1.07. The zero-order valence-electron chi connectivity index (χ0n) is 12.9. The molecule has 126 valence electrons. The molecule has 2 aliphatic rings. The van der Waals surface area contributed by atoms with Gasteiger partial charge in [-0.05, 0) is 43.2 Å². The highest BCUT2D eigenvalue weighted by Crippen LogP contribution is 2.32. The minimum atomic E-state index is -3.11. The molecule has 0 aromatic carbocycles. The first kappa shape index (κ1) is 16.4. The van der Waals surface area contributed by atoms with Crippen molar-refractivity contribution in [3.05, 3.63) is 21.4 Å². The Kier molecular flexibility index (Phi) is 4.46. The molecule has 1 aliphatic heterocycles. The Labute approximate surface area is 139 Å². The second-order valence-corrected chi connectivity index (χ2v) is 9.82. The first-order valence-corrected chi connectivity index (χ1v) is 10.4. The Morgan fingerprint density at radius 1 is 1.26 bits per heavy atom. The maximum absolute atomic E-state index is 12.2. The van der Waals surface area contributed by atoms with E-state index in [0.717, 1.165) is 19.3 Å². The van der Waals surface area contributed by atoms with Crippen LogP contribution in [0.1, 0.15) is 39.9 Å². The van der Waals surface area contributed by atoms with Crippen LogP contribution in [0.15, 0.2) is 6.07 Å². The van der Waals surface area contributed by atoms with E-state index in [1.54, 1.807) is 0 Å². The monoisotopic (exact) mass is 356 g/mol. The lowest BCUT2D eigenvalue weighted by Crippen LogP contribution is -2.44. The van der Waals surface area contributed by atoms with E-state index in [9.17, 15) is 18.0 Å². The Bertz CT molecular complexity index is 739. The lowest BCUT2D eigenvalue weighted by molar-refractivity contribution is -0.125. The van der Waals surface area contributed by atoms with Crippen molar-refractivity contribution in [1.29, 1.82) is 0 Å². The Morgan fingerprint density at radius 2 is 2.04 bits per heavy atom. The fraction of sp³-hybridized carbons (Fsp3) is 0.600. The fourth-order valence-corrected chi connectivity index (χ4v) is 5.95. The molecule has 0 bridgehead atoms. The van der Waals surface area contributed by atoms with Crippen LogP contribution in [-0.4, -0.2) is 31.7 Å². The Balaban J connectivity index is 1.57. The van der Waals surface area contributed by atoms with Gasteiger partial charge in [-0.3, -0.25) is 20.4 Å². The average molecular weight is 356 g/mol. The highest BCUT2D eigenvalue weighted by atomic mass is 32.2. The number of aryl methyl sites for hydroxylation is 1. The average Bonchev–Trinajstić information content (AvgIpc) is 3.07. The van der Waals surface area contributed by atoms with Gasteiger partial charge in [-0.2, -0.15) is 0 Å². The zero-order chi connectivity index (χ0) is 16.6. The maximum Gasteiger partial charge on any atom is 0.279 e. The maximum atomic E-state index is 12.2. The molecule has 3 rings (SSSR count). The van der Waals surface area contributed by atoms with Crippen molar-refractivity contribution in [2.24, 2.45) is 11.8 Å². The van der Waals surface area contributed by atoms with Gasteiger partial charge in [0, 0.05) is 4.88 Å². The van der Waals surface area contributed by atoms with Crippen molar-refractivity contribution in [2.75, 3.05) is 11.5 Å². The minimum absolute atomic E-state index is 0.0366. The number of carbonyl (C=O) groups excluding carboxylic acids is 2. The lowest BCUT2D eigenvalue weighted by atomic mass is 9.90. The third kappa shape index (κ3) is 3.74. The molecule has 1 aromatic heterocycles. The molecule has 1 saturated heterocycles. The minimum Gasteiger partial charge on any atom is -0.273 e. The number of carbonyl (C=O) groups is 2. The molecule has 23 heavy (non-hydrogen) atoms. The summed E-state index contributed by atoms with van der Waals surface area (Å²) in [6, 6.07) is 1.90. The van der Waals surface area contributed by atoms with Crippen molar-refractivity contribution in [1.82, 2.24) is 10.9 Å². The first-order valence-electron chi connectivity index (χ1n) is 7.76. The molecule has 1 aliphatic carbocycles. The third-order valence-corrected chi connectivity index (χ3v) is 7.46. The van der Waals surface area contributed by atoms with Crippen LogP contribution in [0.3, 0.4) is 0 Å². The molecule has 2 heterocycles. The van der Waals surface area contributed by atoms with Crippen LogP contribution in [-0.2, 0) is 27.5 Å². The van der Waals surface area contributed by atoms with E-state index in [-0.39, 0.29) is 17.4 Å². The van der Waals surface area contributed by atoms with Crippen LogP contribution in [0.5, 0.6) is 0 Å². The number of sulfone groups is 1. The molecule has 0 saturated carbocycles. The quantitative estimate of drug-likeness (QED) is 0.775. The SMILES string of the molecule is C[C@H]1CCc2sc(C(=O)NNC(=O)[C@H]3CCS(=O)(=O)C3)cc2C1. The van der Waals surface area contributed by atoms with Gasteiger partial charge >= 0.3 is 0 Å². The second kappa shape index (κ2) is 6.24. The molecular formula is C15H20N2O4S2. The number of nitrogens with one attached hydrogen (secondary N) is 2. The van der Waals surface area contributed by atoms with Gasteiger partial charge in [0.05, 0.1) is 22.3 Å². The molecule has 1 fully saturated rings. The fourth-order valence-electron chi connectivity index (χ4n) is 3.10. The number of hydrogen-bond acceptors (Lipinski definition) is 5. The molecule has 8 heteroatoms. The summed E-state index contributed by atoms with van der Waals surface area (Å²) >= 11 is 1.47. The van der Waals surface area contributed by atoms with Crippen LogP contribution < -0.4 is 10.9 Å². The van der Waals surface area contributed by atoms with E-state index in [1.807, 2.05) is 6.07 Å². The summed E-state index contributed by atoms with van der Waals surface area (Å²) < 4.78 is 22.8. The van der Waals surface area contributed by atoms with Gasteiger partial charge in [0.2, 0.25) is 5.91 Å².